The molecule has 0 amide bonds. The summed E-state index contributed by atoms with van der Waals surface area (Å²) in [5.41, 5.74) is 2.71. The van der Waals surface area contributed by atoms with Gasteiger partial charge in [0.05, 0.1) is 25.3 Å². The second kappa shape index (κ2) is 16.5. The van der Waals surface area contributed by atoms with Crippen molar-refractivity contribution in [2.24, 2.45) is 0 Å². The van der Waals surface area contributed by atoms with Gasteiger partial charge in [-0.2, -0.15) is 0 Å². The molecule has 2 saturated carbocycles. The van der Waals surface area contributed by atoms with Gasteiger partial charge >= 0.3 is 0 Å². The average Bonchev–Trinajstić information content (AvgIpc) is 3.05. The number of hydrogen-bond acceptors (Lipinski definition) is 8. The molecule has 1 aromatic heterocycles. The number of fused-ring (bicyclic) bond motifs is 1. The quantitative estimate of drug-likeness (QED) is 0.174. The Labute approximate surface area is 256 Å². The van der Waals surface area contributed by atoms with E-state index in [1.54, 1.807) is 20.5 Å². The smallest absolute Gasteiger partial charge is 0.163 e. The molecular weight excluding hydrogens is 540 g/mol. The molecule has 0 spiro atoms. The van der Waals surface area contributed by atoms with E-state index in [9.17, 15) is 0 Å². The molecule has 2 aromatic carbocycles. The second-order valence-electron chi connectivity index (χ2n) is 11.5. The van der Waals surface area contributed by atoms with E-state index in [0.717, 1.165) is 28.7 Å². The lowest BCUT2D eigenvalue weighted by molar-refractivity contribution is 0.0961. The number of rotatable bonds is 13. The van der Waals surface area contributed by atoms with Gasteiger partial charge in [-0.15, -0.1) is 0 Å². The zero-order valence-electron chi connectivity index (χ0n) is 25.8. The first-order valence-electron chi connectivity index (χ1n) is 15.9. The lowest BCUT2D eigenvalue weighted by Gasteiger charge is -2.40. The summed E-state index contributed by atoms with van der Waals surface area (Å²) in [6.07, 6.45) is 15.1. The molecule has 2 fully saturated rings. The highest BCUT2D eigenvalue weighted by Gasteiger charge is 2.28. The van der Waals surface area contributed by atoms with Crippen LogP contribution in [0.4, 0.5) is 11.5 Å². The zero-order valence-corrected chi connectivity index (χ0v) is 25.8. The Morgan fingerprint density at radius 1 is 0.767 bits per heavy atom. The van der Waals surface area contributed by atoms with Crippen molar-refractivity contribution in [2.75, 3.05) is 52.5 Å². The van der Waals surface area contributed by atoms with E-state index in [1.165, 1.54) is 64.2 Å². The van der Waals surface area contributed by atoms with Gasteiger partial charge in [0.1, 0.15) is 25.4 Å². The molecule has 2 aliphatic carbocycles. The Hall–Kier alpha value is -3.38. The van der Waals surface area contributed by atoms with E-state index < -0.39 is 0 Å². The molecule has 0 saturated heterocycles. The normalized spacial score (nSPS) is 16.2. The molecule has 1 heterocycles. The minimum atomic E-state index is 0.403. The summed E-state index contributed by atoms with van der Waals surface area (Å²) in [4.78, 5) is 11.8. The third-order valence-corrected chi connectivity index (χ3v) is 8.52. The molecule has 0 bridgehead atoms. The van der Waals surface area contributed by atoms with Crippen molar-refractivity contribution in [3.63, 3.8) is 0 Å². The summed E-state index contributed by atoms with van der Waals surface area (Å²) in [6.45, 7) is 2.63. The van der Waals surface area contributed by atoms with Crippen LogP contribution in [0.25, 0.3) is 10.9 Å². The monoisotopic (exact) mass is 586 g/mol. The van der Waals surface area contributed by atoms with Crippen molar-refractivity contribution in [1.29, 1.82) is 0 Å². The maximum atomic E-state index is 5.98. The van der Waals surface area contributed by atoms with Gasteiger partial charge in [-0.3, -0.25) is 4.90 Å². The highest BCUT2D eigenvalue weighted by Crippen LogP contribution is 2.35. The topological polar surface area (TPSA) is 78.0 Å². The second-order valence-corrected chi connectivity index (χ2v) is 11.5. The third kappa shape index (κ3) is 8.82. The fourth-order valence-electron chi connectivity index (χ4n) is 6.25. The van der Waals surface area contributed by atoms with Crippen LogP contribution in [-0.4, -0.2) is 74.1 Å². The van der Waals surface area contributed by atoms with Crippen molar-refractivity contribution in [2.45, 2.75) is 76.3 Å². The molecule has 230 valence electrons. The molecule has 0 atom stereocenters. The summed E-state index contributed by atoms with van der Waals surface area (Å²) >= 11 is 0. The number of aromatic nitrogens is 2. The van der Waals surface area contributed by atoms with E-state index in [-0.39, 0.29) is 0 Å². The summed E-state index contributed by atoms with van der Waals surface area (Å²) in [5.74, 6) is 8.89. The van der Waals surface area contributed by atoms with Gasteiger partial charge in [0.2, 0.25) is 0 Å². The molecule has 0 aliphatic heterocycles. The first-order valence-corrected chi connectivity index (χ1v) is 15.9. The molecule has 8 heteroatoms. The van der Waals surface area contributed by atoms with Crippen LogP contribution in [0.15, 0.2) is 42.7 Å². The lowest BCUT2D eigenvalue weighted by Crippen LogP contribution is -2.45. The summed E-state index contributed by atoms with van der Waals surface area (Å²) in [7, 11) is 3.30. The van der Waals surface area contributed by atoms with Crippen molar-refractivity contribution >= 4 is 22.4 Å². The molecule has 43 heavy (non-hydrogen) atoms. The van der Waals surface area contributed by atoms with Crippen LogP contribution in [0.2, 0.25) is 0 Å². The van der Waals surface area contributed by atoms with Gasteiger partial charge in [-0.25, -0.2) is 9.97 Å². The van der Waals surface area contributed by atoms with E-state index in [1.807, 2.05) is 12.1 Å². The van der Waals surface area contributed by atoms with Gasteiger partial charge < -0.3 is 24.3 Å². The van der Waals surface area contributed by atoms with E-state index >= 15 is 0 Å². The molecule has 3 aromatic rings. The highest BCUT2D eigenvalue weighted by atomic mass is 16.5. The molecule has 0 radical (unpaired) electrons. The number of ether oxygens (including phenoxy) is 4. The van der Waals surface area contributed by atoms with Gasteiger partial charge in [0.25, 0.3) is 0 Å². The maximum absolute atomic E-state index is 5.98. The Morgan fingerprint density at radius 3 is 1.98 bits per heavy atom. The number of anilines is 2. The van der Waals surface area contributed by atoms with Gasteiger partial charge in [-0.05, 0) is 56.0 Å². The van der Waals surface area contributed by atoms with Crippen LogP contribution in [0, 0.1) is 11.8 Å². The largest absolute Gasteiger partial charge is 0.487 e. The fraction of sp³-hybridized carbons (Fsp3) is 0.543. The Bertz CT molecular complexity index is 1320. The van der Waals surface area contributed by atoms with Crippen LogP contribution in [-0.2, 0) is 9.47 Å². The molecule has 1 N–H and O–H groups in total. The van der Waals surface area contributed by atoms with Crippen LogP contribution in [0.1, 0.15) is 69.8 Å². The van der Waals surface area contributed by atoms with Crippen LogP contribution < -0.4 is 14.8 Å². The van der Waals surface area contributed by atoms with Crippen molar-refractivity contribution in [3.05, 3.63) is 48.3 Å². The van der Waals surface area contributed by atoms with Gasteiger partial charge in [-0.1, -0.05) is 50.4 Å². The average molecular weight is 587 g/mol. The minimum Gasteiger partial charge on any atom is -0.487 e. The van der Waals surface area contributed by atoms with E-state index in [4.69, 9.17) is 18.9 Å². The number of hydrogen-bond donors (Lipinski definition) is 1. The number of nitrogens with one attached hydrogen (secondary N) is 1. The fourth-order valence-corrected chi connectivity index (χ4v) is 6.25. The van der Waals surface area contributed by atoms with Crippen LogP contribution >= 0.6 is 0 Å². The predicted octanol–water partition coefficient (Wildman–Crippen LogP) is 6.74. The standard InChI is InChI=1S/C35H46N4O4/c1-40-20-22-42-33-24-31-32(25-34(33)43-23-21-41-2)36-26-37-35(31)38-28-17-15-27(16-18-28)10-9-19-39(29-11-5-3-6-12-29)30-13-7-4-8-14-30/h15-18,24-26,29-30H,3-8,11-14,19-23H2,1-2H3,(H,36,37,38). The van der Waals surface area contributed by atoms with Crippen LogP contribution in [0.5, 0.6) is 11.5 Å². The van der Waals surface area contributed by atoms with Gasteiger partial charge in [0.15, 0.2) is 11.5 Å². The molecule has 8 nitrogen and oxygen atoms in total. The van der Waals surface area contributed by atoms with Gasteiger partial charge in [0, 0.05) is 49.0 Å². The number of benzene rings is 2. The Balaban J connectivity index is 1.28. The number of nitrogens with zero attached hydrogens (tertiary/aromatic N) is 3. The first-order chi connectivity index (χ1) is 21.2. The lowest BCUT2D eigenvalue weighted by atomic mass is 9.88. The third-order valence-electron chi connectivity index (χ3n) is 8.52. The molecule has 5 rings (SSSR count). The molecule has 0 unspecified atom stereocenters. The Morgan fingerprint density at radius 2 is 1.37 bits per heavy atom. The zero-order chi connectivity index (χ0) is 29.7. The van der Waals surface area contributed by atoms with Crippen molar-refractivity contribution in [1.82, 2.24) is 14.9 Å². The molecular formula is C35H46N4O4. The summed E-state index contributed by atoms with van der Waals surface area (Å²) in [5, 5.41) is 4.29. The SMILES string of the molecule is COCCOc1cc2ncnc(Nc3ccc(C#CCN(C4CCCCC4)C4CCCCC4)cc3)c2cc1OCCOC. The van der Waals surface area contributed by atoms with Crippen LogP contribution in [0.3, 0.4) is 0 Å². The summed E-state index contributed by atoms with van der Waals surface area (Å²) in [6, 6.07) is 13.5. The predicted molar refractivity (Wildman–Crippen MR) is 171 cm³/mol. The van der Waals surface area contributed by atoms with Crippen molar-refractivity contribution < 1.29 is 18.9 Å². The van der Waals surface area contributed by atoms with Crippen molar-refractivity contribution in [3.8, 4) is 23.3 Å². The highest BCUT2D eigenvalue weighted by molar-refractivity contribution is 5.93. The Kier molecular flexibility index (Phi) is 11.9. The number of methoxy groups -OCH3 is 2. The minimum absolute atomic E-state index is 0.403. The van der Waals surface area contributed by atoms with E-state index in [0.29, 0.717) is 55.8 Å². The molecule has 2 aliphatic rings. The summed E-state index contributed by atoms with van der Waals surface area (Å²) < 4.78 is 22.2. The van der Waals surface area contributed by atoms with E-state index in [2.05, 4.69) is 56.3 Å². The maximum Gasteiger partial charge on any atom is 0.163 e. The first kappa shape index (κ1) is 31.1.